The molecular formula is C11H13NO3. The van der Waals surface area contributed by atoms with Gasteiger partial charge in [-0.25, -0.2) is 4.79 Å². The maximum absolute atomic E-state index is 11.3. The molecule has 0 heterocycles. The van der Waals surface area contributed by atoms with Crippen LogP contribution in [0.4, 0.5) is 0 Å². The first-order chi connectivity index (χ1) is 6.93. The topological polar surface area (TPSA) is 60.2 Å². The van der Waals surface area contributed by atoms with E-state index in [1.54, 1.807) is 13.8 Å². The summed E-state index contributed by atoms with van der Waals surface area (Å²) in [6.07, 6.45) is 0.383. The molecule has 1 aromatic carbocycles. The normalized spacial score (nSPS) is 11.1. The van der Waals surface area contributed by atoms with Crippen molar-refractivity contribution in [2.75, 3.05) is 0 Å². The predicted octanol–water partition coefficient (Wildman–Crippen LogP) is 2.06. The van der Waals surface area contributed by atoms with Crippen molar-refractivity contribution in [1.29, 1.82) is 0 Å². The van der Waals surface area contributed by atoms with Gasteiger partial charge < -0.3 is 0 Å². The fraction of sp³-hybridized carbons (Fsp3) is 0.364. The van der Waals surface area contributed by atoms with Crippen LogP contribution in [0.25, 0.3) is 0 Å². The summed E-state index contributed by atoms with van der Waals surface area (Å²) in [6, 6.07) is 9.28. The highest BCUT2D eigenvalue weighted by molar-refractivity contribution is 5.74. The van der Waals surface area contributed by atoms with Crippen molar-refractivity contribution in [2.24, 2.45) is 5.41 Å². The molecule has 1 rings (SSSR count). The Morgan fingerprint density at radius 1 is 1.33 bits per heavy atom. The van der Waals surface area contributed by atoms with E-state index in [4.69, 9.17) is 0 Å². The highest BCUT2D eigenvalue weighted by Gasteiger charge is 2.37. The molecule has 0 fully saturated rings. The third-order valence-corrected chi connectivity index (χ3v) is 2.23. The lowest BCUT2D eigenvalue weighted by Gasteiger charge is -2.16. The fourth-order valence-corrected chi connectivity index (χ4v) is 1.43. The first kappa shape index (κ1) is 11.4. The lowest BCUT2D eigenvalue weighted by molar-refractivity contribution is -0.411. The van der Waals surface area contributed by atoms with Crippen molar-refractivity contribution in [3.05, 3.63) is 46.0 Å². The number of amides is 1. The lowest BCUT2D eigenvalue weighted by Crippen LogP contribution is -2.32. The molecule has 1 amide bonds. The molecule has 15 heavy (non-hydrogen) atoms. The Labute approximate surface area is 88.1 Å². The molecule has 0 aliphatic carbocycles. The minimum absolute atomic E-state index is 0.383. The van der Waals surface area contributed by atoms with E-state index in [-0.39, 0.29) is 0 Å². The molecular weight excluding hydrogens is 194 g/mol. The molecule has 0 radical (unpaired) electrons. The Bertz CT molecular complexity index is 371. The van der Waals surface area contributed by atoms with Crippen molar-refractivity contribution in [1.82, 2.24) is 0 Å². The van der Waals surface area contributed by atoms with Gasteiger partial charge in [0.15, 0.2) is 0 Å². The Kier molecular flexibility index (Phi) is 3.19. The average Bonchev–Trinajstić information content (AvgIpc) is 2.17. The molecule has 0 unspecified atom stereocenters. The largest absolute Gasteiger partial charge is 0.450 e. The third kappa shape index (κ3) is 2.87. The van der Waals surface area contributed by atoms with E-state index in [1.165, 1.54) is 0 Å². The second kappa shape index (κ2) is 4.21. The maximum Gasteiger partial charge on any atom is 0.450 e. The molecule has 0 saturated carbocycles. The van der Waals surface area contributed by atoms with Gasteiger partial charge in [-0.05, 0) is 25.8 Å². The van der Waals surface area contributed by atoms with Crippen molar-refractivity contribution < 1.29 is 9.72 Å². The van der Waals surface area contributed by atoms with Gasteiger partial charge in [0.25, 0.3) is 0 Å². The van der Waals surface area contributed by atoms with Gasteiger partial charge in [0.05, 0.1) is 0 Å². The van der Waals surface area contributed by atoms with Crippen LogP contribution >= 0.6 is 0 Å². The minimum Gasteiger partial charge on any atom is -0.256 e. The Morgan fingerprint density at radius 3 is 2.33 bits per heavy atom. The van der Waals surface area contributed by atoms with Crippen LogP contribution in [0.2, 0.25) is 0 Å². The zero-order valence-electron chi connectivity index (χ0n) is 8.77. The standard InChI is InChI=1S/C11H13NO3/c1-11(2,10(13)12(14)15)8-9-6-4-3-5-7-9/h3-7H,8H2,1-2H3. The van der Waals surface area contributed by atoms with Crippen LogP contribution in [0.15, 0.2) is 30.3 Å². The van der Waals surface area contributed by atoms with Crippen molar-refractivity contribution >= 4 is 5.91 Å². The van der Waals surface area contributed by atoms with E-state index in [1.807, 2.05) is 30.3 Å². The van der Waals surface area contributed by atoms with E-state index in [9.17, 15) is 14.9 Å². The molecule has 80 valence electrons. The molecule has 1 aromatic rings. The molecule has 0 atom stereocenters. The van der Waals surface area contributed by atoms with Gasteiger partial charge in [-0.2, -0.15) is 0 Å². The number of nitro groups is 1. The molecule has 0 aromatic heterocycles. The second-order valence-electron chi connectivity index (χ2n) is 4.11. The second-order valence-corrected chi connectivity index (χ2v) is 4.11. The predicted molar refractivity (Wildman–Crippen MR) is 55.9 cm³/mol. The van der Waals surface area contributed by atoms with Gasteiger partial charge >= 0.3 is 5.91 Å². The van der Waals surface area contributed by atoms with Crippen LogP contribution in [0, 0.1) is 15.5 Å². The van der Waals surface area contributed by atoms with Gasteiger partial charge in [0, 0.05) is 0 Å². The molecule has 0 spiro atoms. The molecule has 0 bridgehead atoms. The smallest absolute Gasteiger partial charge is 0.256 e. The van der Waals surface area contributed by atoms with Gasteiger partial charge in [-0.1, -0.05) is 30.3 Å². The molecule has 0 saturated heterocycles. The number of benzene rings is 1. The number of nitrogens with zero attached hydrogens (tertiary/aromatic N) is 1. The Morgan fingerprint density at radius 2 is 1.87 bits per heavy atom. The van der Waals surface area contributed by atoms with Gasteiger partial charge in [-0.15, -0.1) is 0 Å². The van der Waals surface area contributed by atoms with Gasteiger partial charge in [0.1, 0.15) is 10.3 Å². The van der Waals surface area contributed by atoms with Gasteiger partial charge in [-0.3, -0.25) is 10.1 Å². The van der Waals surface area contributed by atoms with Crippen LogP contribution in [-0.4, -0.2) is 10.8 Å². The van der Waals surface area contributed by atoms with Crippen LogP contribution in [0.3, 0.4) is 0 Å². The molecule has 4 heteroatoms. The highest BCUT2D eigenvalue weighted by atomic mass is 16.6. The number of hydrogen-bond acceptors (Lipinski definition) is 3. The SMILES string of the molecule is CC(C)(Cc1ccccc1)C(=O)[N+](=O)[O-]. The van der Waals surface area contributed by atoms with E-state index in [0.29, 0.717) is 6.42 Å². The summed E-state index contributed by atoms with van der Waals surface area (Å²) in [5.41, 5.74) is -0.0251. The maximum atomic E-state index is 11.3. The van der Waals surface area contributed by atoms with Crippen LogP contribution in [0.1, 0.15) is 19.4 Å². The Balaban J connectivity index is 2.81. The highest BCUT2D eigenvalue weighted by Crippen LogP contribution is 2.23. The van der Waals surface area contributed by atoms with Crippen LogP contribution < -0.4 is 0 Å². The Hall–Kier alpha value is -1.71. The van der Waals surface area contributed by atoms with Crippen molar-refractivity contribution in [3.63, 3.8) is 0 Å². The van der Waals surface area contributed by atoms with Crippen LogP contribution in [-0.2, 0) is 11.2 Å². The zero-order chi connectivity index (χ0) is 11.5. The summed E-state index contributed by atoms with van der Waals surface area (Å²) >= 11 is 0. The van der Waals surface area contributed by atoms with E-state index >= 15 is 0 Å². The number of rotatable bonds is 3. The third-order valence-electron chi connectivity index (χ3n) is 2.23. The quantitative estimate of drug-likeness (QED) is 0.563. The number of carbonyl (C=O) groups is 1. The number of carbonyl (C=O) groups excluding carboxylic acids is 1. The first-order valence-corrected chi connectivity index (χ1v) is 4.66. The van der Waals surface area contributed by atoms with Crippen molar-refractivity contribution in [3.8, 4) is 0 Å². The van der Waals surface area contributed by atoms with Crippen molar-refractivity contribution in [2.45, 2.75) is 20.3 Å². The van der Waals surface area contributed by atoms with E-state index in [2.05, 4.69) is 0 Å². The lowest BCUT2D eigenvalue weighted by atomic mass is 9.85. The van der Waals surface area contributed by atoms with Crippen LogP contribution in [0.5, 0.6) is 0 Å². The summed E-state index contributed by atoms with van der Waals surface area (Å²) in [6.45, 7) is 3.18. The number of hydrogen-bond donors (Lipinski definition) is 0. The molecule has 4 nitrogen and oxygen atoms in total. The summed E-state index contributed by atoms with van der Waals surface area (Å²) in [5.74, 6) is -0.939. The zero-order valence-corrected chi connectivity index (χ0v) is 8.77. The monoisotopic (exact) mass is 207 g/mol. The summed E-state index contributed by atoms with van der Waals surface area (Å²) in [7, 11) is 0. The molecule has 0 aliphatic rings. The molecule has 0 N–H and O–H groups in total. The summed E-state index contributed by atoms with van der Waals surface area (Å²) < 4.78 is 0. The molecule has 0 aliphatic heterocycles. The average molecular weight is 207 g/mol. The first-order valence-electron chi connectivity index (χ1n) is 4.66. The summed E-state index contributed by atoms with van der Waals surface area (Å²) in [4.78, 5) is 20.8. The summed E-state index contributed by atoms with van der Waals surface area (Å²) in [5, 5.41) is 10.4. The van der Waals surface area contributed by atoms with E-state index < -0.39 is 16.2 Å². The fourth-order valence-electron chi connectivity index (χ4n) is 1.43. The van der Waals surface area contributed by atoms with Gasteiger partial charge in [0.2, 0.25) is 0 Å². The van der Waals surface area contributed by atoms with E-state index in [0.717, 1.165) is 5.56 Å². The minimum atomic E-state index is -0.954.